The molecule has 8 heteroatoms. The van der Waals surface area contributed by atoms with Crippen molar-refractivity contribution in [2.24, 2.45) is 0 Å². The zero-order chi connectivity index (χ0) is 14.2. The lowest BCUT2D eigenvalue weighted by Crippen LogP contribution is -2.23. The molecule has 5 nitrogen and oxygen atoms in total. The van der Waals surface area contributed by atoms with Gasteiger partial charge >= 0.3 is 5.38 Å². The van der Waals surface area contributed by atoms with Crippen LogP contribution in [0.25, 0.3) is 5.65 Å². The van der Waals surface area contributed by atoms with E-state index in [0.29, 0.717) is 12.2 Å². The van der Waals surface area contributed by atoms with Gasteiger partial charge in [0.05, 0.1) is 0 Å². The fraction of sp³-hybridized carbons (Fsp3) is 0.364. The number of nitrogens with one attached hydrogen (secondary N) is 1. The van der Waals surface area contributed by atoms with Gasteiger partial charge < -0.3 is 5.32 Å². The van der Waals surface area contributed by atoms with Gasteiger partial charge in [-0.05, 0) is 31.5 Å². The zero-order valence-corrected chi connectivity index (χ0v) is 11.0. The molecule has 1 amide bonds. The van der Waals surface area contributed by atoms with Crippen LogP contribution >= 0.6 is 11.6 Å². The molecule has 0 saturated heterocycles. The Morgan fingerprint density at radius 1 is 1.53 bits per heavy atom. The molecule has 2 aromatic heterocycles. The highest BCUT2D eigenvalue weighted by atomic mass is 35.5. The van der Waals surface area contributed by atoms with E-state index < -0.39 is 17.0 Å². The molecule has 102 valence electrons. The molecular formula is C11H11ClF2N4O. The van der Waals surface area contributed by atoms with Crippen molar-refractivity contribution in [1.29, 1.82) is 0 Å². The number of fused-ring (bicyclic) bond motifs is 1. The summed E-state index contributed by atoms with van der Waals surface area (Å²) in [5.41, 5.74) is 0.0103. The molecule has 0 fully saturated rings. The second kappa shape index (κ2) is 4.73. The van der Waals surface area contributed by atoms with Gasteiger partial charge in [-0.1, -0.05) is 0 Å². The van der Waals surface area contributed by atoms with Crippen molar-refractivity contribution in [1.82, 2.24) is 19.9 Å². The minimum Gasteiger partial charge on any atom is -0.351 e. The normalized spacial score (nSPS) is 11.8. The Morgan fingerprint density at radius 2 is 2.21 bits per heavy atom. The van der Waals surface area contributed by atoms with Crippen LogP contribution in [0, 0.1) is 6.92 Å². The number of amides is 1. The molecule has 1 N–H and O–H groups in total. The summed E-state index contributed by atoms with van der Waals surface area (Å²) in [6.45, 7) is 3.72. The van der Waals surface area contributed by atoms with Crippen molar-refractivity contribution in [2.45, 2.75) is 19.2 Å². The second-order valence-electron chi connectivity index (χ2n) is 3.94. The highest BCUT2D eigenvalue weighted by molar-refractivity contribution is 6.21. The number of aromatic nitrogens is 3. The molecular weight excluding hydrogens is 278 g/mol. The van der Waals surface area contributed by atoms with Crippen LogP contribution in [-0.4, -0.2) is 27.0 Å². The van der Waals surface area contributed by atoms with Crippen LogP contribution in [0.1, 0.15) is 28.8 Å². The van der Waals surface area contributed by atoms with Gasteiger partial charge in [0.2, 0.25) is 0 Å². The van der Waals surface area contributed by atoms with Gasteiger partial charge in [0.1, 0.15) is 5.69 Å². The minimum atomic E-state index is -3.59. The Kier molecular flexibility index (Phi) is 3.40. The molecule has 0 aromatic carbocycles. The van der Waals surface area contributed by atoms with Gasteiger partial charge in [-0.3, -0.25) is 4.79 Å². The van der Waals surface area contributed by atoms with Crippen LogP contribution in [0.5, 0.6) is 0 Å². The van der Waals surface area contributed by atoms with Crippen LogP contribution in [0.4, 0.5) is 8.78 Å². The Bertz CT molecular complexity index is 635. The number of carbonyl (C=O) groups is 1. The quantitative estimate of drug-likeness (QED) is 0.880. The van der Waals surface area contributed by atoms with Crippen LogP contribution in [-0.2, 0) is 5.38 Å². The van der Waals surface area contributed by atoms with E-state index in [4.69, 9.17) is 11.6 Å². The minimum absolute atomic E-state index is 0.0158. The first kappa shape index (κ1) is 13.7. The molecule has 0 bridgehead atoms. The molecule has 2 heterocycles. The fourth-order valence-corrected chi connectivity index (χ4v) is 1.80. The first-order valence-electron chi connectivity index (χ1n) is 5.55. The number of carbonyl (C=O) groups excluding carboxylic acids is 1. The van der Waals surface area contributed by atoms with E-state index in [1.165, 1.54) is 6.07 Å². The van der Waals surface area contributed by atoms with E-state index in [1.54, 1.807) is 13.8 Å². The Morgan fingerprint density at radius 3 is 2.79 bits per heavy atom. The number of nitrogens with zero attached hydrogens (tertiary/aromatic N) is 3. The first-order chi connectivity index (χ1) is 8.82. The lowest BCUT2D eigenvalue weighted by atomic mass is 10.3. The molecule has 0 atom stereocenters. The number of alkyl halides is 3. The van der Waals surface area contributed by atoms with Gasteiger partial charge in [-0.25, -0.2) is 9.50 Å². The highest BCUT2D eigenvalue weighted by Crippen LogP contribution is 2.32. The molecule has 2 aromatic rings. The molecule has 0 aliphatic heterocycles. The Hall–Kier alpha value is -1.76. The van der Waals surface area contributed by atoms with Crippen molar-refractivity contribution < 1.29 is 13.6 Å². The largest absolute Gasteiger partial charge is 0.364 e. The van der Waals surface area contributed by atoms with Crippen LogP contribution in [0.15, 0.2) is 12.1 Å². The topological polar surface area (TPSA) is 59.3 Å². The van der Waals surface area contributed by atoms with Gasteiger partial charge in [0.25, 0.3) is 5.91 Å². The zero-order valence-electron chi connectivity index (χ0n) is 10.2. The van der Waals surface area contributed by atoms with Gasteiger partial charge in [-0.2, -0.15) is 13.9 Å². The lowest BCUT2D eigenvalue weighted by Gasteiger charge is -2.10. The number of halogens is 3. The average molecular weight is 289 g/mol. The van der Waals surface area contributed by atoms with Crippen LogP contribution in [0.3, 0.4) is 0 Å². The highest BCUT2D eigenvalue weighted by Gasteiger charge is 2.32. The summed E-state index contributed by atoms with van der Waals surface area (Å²) in [6.07, 6.45) is 0. The predicted molar refractivity (Wildman–Crippen MR) is 65.5 cm³/mol. The van der Waals surface area contributed by atoms with E-state index in [9.17, 15) is 13.6 Å². The number of rotatable bonds is 3. The van der Waals surface area contributed by atoms with E-state index in [0.717, 1.165) is 10.6 Å². The Labute approximate surface area is 112 Å². The third-order valence-electron chi connectivity index (χ3n) is 2.42. The third kappa shape index (κ3) is 2.65. The number of hydrogen-bond donors (Lipinski definition) is 1. The molecule has 0 spiro atoms. The van der Waals surface area contributed by atoms with Crippen molar-refractivity contribution in [3.8, 4) is 0 Å². The monoisotopic (exact) mass is 288 g/mol. The molecule has 0 aliphatic rings. The summed E-state index contributed by atoms with van der Waals surface area (Å²) in [7, 11) is 0. The predicted octanol–water partition coefficient (Wildman–Crippen LogP) is 2.08. The van der Waals surface area contributed by atoms with Crippen LogP contribution in [0.2, 0.25) is 0 Å². The summed E-state index contributed by atoms with van der Waals surface area (Å²) in [5, 5.41) is 2.76. The van der Waals surface area contributed by atoms with Gasteiger partial charge in [-0.15, -0.1) is 0 Å². The van der Waals surface area contributed by atoms with Gasteiger partial charge in [0.15, 0.2) is 11.3 Å². The maximum absolute atomic E-state index is 13.3. The molecule has 0 aliphatic carbocycles. The van der Waals surface area contributed by atoms with Crippen LogP contribution < -0.4 is 5.32 Å². The summed E-state index contributed by atoms with van der Waals surface area (Å²) < 4.78 is 27.5. The molecule has 19 heavy (non-hydrogen) atoms. The fourth-order valence-electron chi connectivity index (χ4n) is 1.66. The van der Waals surface area contributed by atoms with E-state index in [2.05, 4.69) is 15.4 Å². The lowest BCUT2D eigenvalue weighted by molar-refractivity contribution is 0.0865. The van der Waals surface area contributed by atoms with E-state index in [1.807, 2.05) is 0 Å². The number of aryl methyl sites for hydroxylation is 1. The van der Waals surface area contributed by atoms with Crippen molar-refractivity contribution in [2.75, 3.05) is 6.54 Å². The number of hydrogen-bond acceptors (Lipinski definition) is 3. The summed E-state index contributed by atoms with van der Waals surface area (Å²) in [5.74, 6) is -0.450. The van der Waals surface area contributed by atoms with Crippen molar-refractivity contribution >= 4 is 23.2 Å². The standard InChI is InChI=1S/C11H11ClF2N4O/c1-3-15-10(19)7-5-9-16-6(2)4-8(11(12,13)14)18(9)17-7/h4-5H,3H2,1-2H3,(H,15,19). The van der Waals surface area contributed by atoms with Crippen molar-refractivity contribution in [3.63, 3.8) is 0 Å². The maximum atomic E-state index is 13.3. The molecule has 0 unspecified atom stereocenters. The van der Waals surface area contributed by atoms with Gasteiger partial charge in [0, 0.05) is 18.3 Å². The summed E-state index contributed by atoms with van der Waals surface area (Å²) in [4.78, 5) is 15.7. The molecule has 0 saturated carbocycles. The smallest absolute Gasteiger partial charge is 0.351 e. The third-order valence-corrected chi connectivity index (χ3v) is 2.61. The summed E-state index contributed by atoms with van der Waals surface area (Å²) >= 11 is 5.04. The Balaban J connectivity index is 2.62. The molecule has 2 rings (SSSR count). The second-order valence-corrected chi connectivity index (χ2v) is 4.41. The van der Waals surface area contributed by atoms with Crippen molar-refractivity contribution in [3.05, 3.63) is 29.2 Å². The first-order valence-corrected chi connectivity index (χ1v) is 5.93. The molecule has 0 radical (unpaired) electrons. The van der Waals surface area contributed by atoms with E-state index in [-0.39, 0.29) is 11.3 Å². The van der Waals surface area contributed by atoms with E-state index >= 15 is 0 Å². The SMILES string of the molecule is CCNC(=O)c1cc2nc(C)cc(C(F)(F)Cl)n2n1. The average Bonchev–Trinajstić information content (AvgIpc) is 2.70. The maximum Gasteiger partial charge on any atom is 0.364 e. The summed E-state index contributed by atoms with van der Waals surface area (Å²) in [6, 6.07) is 2.47.